The van der Waals surface area contributed by atoms with E-state index in [9.17, 15) is 4.79 Å². The van der Waals surface area contributed by atoms with Crippen molar-refractivity contribution < 1.29 is 0 Å². The summed E-state index contributed by atoms with van der Waals surface area (Å²) >= 11 is 0. The monoisotopic (exact) mass is 323 g/mol. The average molecular weight is 323 g/mol. The zero-order valence-electron chi connectivity index (χ0n) is 13.8. The van der Waals surface area contributed by atoms with Crippen LogP contribution >= 0.6 is 0 Å². The van der Waals surface area contributed by atoms with Gasteiger partial charge in [-0.25, -0.2) is 9.50 Å². The van der Waals surface area contributed by atoms with Crippen molar-refractivity contribution in [2.24, 2.45) is 7.05 Å². The van der Waals surface area contributed by atoms with Gasteiger partial charge in [-0.1, -0.05) is 0 Å². The second-order valence-electron chi connectivity index (χ2n) is 6.56. The highest BCUT2D eigenvalue weighted by atomic mass is 16.1. The summed E-state index contributed by atoms with van der Waals surface area (Å²) in [5.41, 5.74) is 3.42. The number of likely N-dealkylation sites (tertiary alicyclic amines) is 1. The van der Waals surface area contributed by atoms with E-state index in [2.05, 4.69) is 33.2 Å². The van der Waals surface area contributed by atoms with Crippen LogP contribution in [0.15, 0.2) is 47.8 Å². The molecule has 0 aromatic carbocycles. The Balaban J connectivity index is 1.40. The molecule has 1 saturated heterocycles. The number of hydrogen-bond acceptors (Lipinski definition) is 4. The molecule has 1 aliphatic rings. The highest BCUT2D eigenvalue weighted by Crippen LogP contribution is 2.27. The lowest BCUT2D eigenvalue weighted by Crippen LogP contribution is -2.32. The molecule has 0 spiro atoms. The molecule has 3 aromatic heterocycles. The fourth-order valence-corrected chi connectivity index (χ4v) is 3.46. The Morgan fingerprint density at radius 1 is 1.17 bits per heavy atom. The third-order valence-corrected chi connectivity index (χ3v) is 4.94. The van der Waals surface area contributed by atoms with Crippen molar-refractivity contribution >= 4 is 5.65 Å². The third kappa shape index (κ3) is 2.97. The molecule has 6 heteroatoms. The van der Waals surface area contributed by atoms with Crippen LogP contribution in [0.3, 0.4) is 0 Å². The minimum atomic E-state index is 0.0801. The Hall–Kier alpha value is -2.47. The molecule has 4 rings (SSSR count). The van der Waals surface area contributed by atoms with E-state index < -0.39 is 0 Å². The van der Waals surface area contributed by atoms with Crippen LogP contribution < -0.4 is 5.56 Å². The molecular weight excluding hydrogens is 302 g/mol. The quantitative estimate of drug-likeness (QED) is 0.738. The van der Waals surface area contributed by atoms with E-state index >= 15 is 0 Å². The van der Waals surface area contributed by atoms with Crippen LogP contribution in [0.5, 0.6) is 0 Å². The Morgan fingerprint density at radius 3 is 2.79 bits per heavy atom. The van der Waals surface area contributed by atoms with Gasteiger partial charge in [0, 0.05) is 32.1 Å². The first-order valence-corrected chi connectivity index (χ1v) is 8.36. The van der Waals surface area contributed by atoms with Crippen molar-refractivity contribution in [2.75, 3.05) is 13.1 Å². The first-order chi connectivity index (χ1) is 11.7. The predicted molar refractivity (Wildman–Crippen MR) is 91.9 cm³/mol. The zero-order valence-corrected chi connectivity index (χ0v) is 13.8. The Morgan fingerprint density at radius 2 is 2.00 bits per heavy atom. The molecule has 1 fully saturated rings. The van der Waals surface area contributed by atoms with E-state index in [0.717, 1.165) is 38.1 Å². The molecule has 0 amide bonds. The number of piperidine rings is 1. The number of rotatable bonds is 3. The van der Waals surface area contributed by atoms with Gasteiger partial charge in [-0.05, 0) is 61.2 Å². The fraction of sp³-hybridized carbons (Fsp3) is 0.389. The van der Waals surface area contributed by atoms with Crippen molar-refractivity contribution in [1.82, 2.24) is 24.1 Å². The molecule has 0 N–H and O–H groups in total. The van der Waals surface area contributed by atoms with E-state index in [4.69, 9.17) is 0 Å². The van der Waals surface area contributed by atoms with Crippen LogP contribution in [-0.2, 0) is 13.6 Å². The maximum absolute atomic E-state index is 11.8. The summed E-state index contributed by atoms with van der Waals surface area (Å²) in [6, 6.07) is 8.08. The van der Waals surface area contributed by atoms with Crippen LogP contribution in [-0.4, -0.2) is 37.2 Å². The van der Waals surface area contributed by atoms with Crippen molar-refractivity contribution in [3.63, 3.8) is 0 Å². The second kappa shape index (κ2) is 6.20. The lowest BCUT2D eigenvalue weighted by Gasteiger charge is -2.32. The van der Waals surface area contributed by atoms with Gasteiger partial charge in [0.1, 0.15) is 6.33 Å². The first-order valence-electron chi connectivity index (χ1n) is 8.36. The number of fused-ring (bicyclic) bond motifs is 1. The minimum absolute atomic E-state index is 0.0801. The first kappa shape index (κ1) is 15.1. The van der Waals surface area contributed by atoms with Crippen LogP contribution in [0.1, 0.15) is 29.9 Å². The van der Waals surface area contributed by atoms with E-state index in [-0.39, 0.29) is 5.56 Å². The van der Waals surface area contributed by atoms with Crippen LogP contribution in [0, 0.1) is 0 Å². The lowest BCUT2D eigenvalue weighted by atomic mass is 9.90. The standard InChI is InChI=1S/C18H21N5O/c1-21-6-3-16(11-18(21)24)15-4-7-22(8-5-15)12-14-2-9-23-17(10-14)19-13-20-23/h2-3,6,9-11,13,15H,4-5,7-8,12H2,1H3. The smallest absolute Gasteiger partial charge is 0.250 e. The largest absolute Gasteiger partial charge is 0.319 e. The molecule has 0 radical (unpaired) electrons. The predicted octanol–water partition coefficient (Wildman–Crippen LogP) is 1.81. The number of pyridine rings is 2. The van der Waals surface area contributed by atoms with Gasteiger partial charge in [-0.3, -0.25) is 9.69 Å². The molecule has 0 aliphatic carbocycles. The van der Waals surface area contributed by atoms with Gasteiger partial charge in [0.2, 0.25) is 0 Å². The SMILES string of the molecule is Cn1ccc(C2CCN(Cc3ccn4ncnc4c3)CC2)cc1=O. The van der Waals surface area contributed by atoms with E-state index in [1.165, 1.54) is 11.1 Å². The molecule has 0 bridgehead atoms. The minimum Gasteiger partial charge on any atom is -0.319 e. The molecule has 3 aromatic rings. The summed E-state index contributed by atoms with van der Waals surface area (Å²) in [5.74, 6) is 0.495. The molecule has 0 atom stereocenters. The highest BCUT2D eigenvalue weighted by molar-refractivity contribution is 5.39. The molecule has 24 heavy (non-hydrogen) atoms. The third-order valence-electron chi connectivity index (χ3n) is 4.94. The molecule has 4 heterocycles. The van der Waals surface area contributed by atoms with Gasteiger partial charge in [0.15, 0.2) is 5.65 Å². The Labute approximate surface area is 140 Å². The molecule has 6 nitrogen and oxygen atoms in total. The maximum atomic E-state index is 11.8. The molecule has 1 aliphatic heterocycles. The number of aromatic nitrogens is 4. The van der Waals surface area contributed by atoms with Gasteiger partial charge in [-0.2, -0.15) is 5.10 Å². The molecular formula is C18H21N5O. The van der Waals surface area contributed by atoms with Gasteiger partial charge in [0.05, 0.1) is 0 Å². The summed E-state index contributed by atoms with van der Waals surface area (Å²) in [6.45, 7) is 3.04. The average Bonchev–Trinajstić information content (AvgIpc) is 3.06. The Bertz CT molecular complexity index is 905. The zero-order chi connectivity index (χ0) is 16.5. The molecule has 124 valence electrons. The van der Waals surface area contributed by atoms with Gasteiger partial charge in [-0.15, -0.1) is 0 Å². The van der Waals surface area contributed by atoms with Crippen LogP contribution in [0.4, 0.5) is 0 Å². The van der Waals surface area contributed by atoms with Crippen molar-refractivity contribution in [3.05, 3.63) is 64.5 Å². The van der Waals surface area contributed by atoms with Gasteiger partial charge >= 0.3 is 0 Å². The number of nitrogens with zero attached hydrogens (tertiary/aromatic N) is 5. The maximum Gasteiger partial charge on any atom is 0.250 e. The number of aryl methyl sites for hydroxylation is 1. The highest BCUT2D eigenvalue weighted by Gasteiger charge is 2.21. The lowest BCUT2D eigenvalue weighted by molar-refractivity contribution is 0.204. The summed E-state index contributed by atoms with van der Waals surface area (Å²) in [6.07, 6.45) is 7.61. The van der Waals surface area contributed by atoms with E-state index in [1.54, 1.807) is 28.5 Å². The summed E-state index contributed by atoms with van der Waals surface area (Å²) in [4.78, 5) is 18.5. The van der Waals surface area contributed by atoms with Crippen molar-refractivity contribution in [1.29, 1.82) is 0 Å². The summed E-state index contributed by atoms with van der Waals surface area (Å²) < 4.78 is 3.41. The normalized spacial score (nSPS) is 16.7. The van der Waals surface area contributed by atoms with Crippen molar-refractivity contribution in [3.8, 4) is 0 Å². The fourth-order valence-electron chi connectivity index (χ4n) is 3.46. The molecule has 0 saturated carbocycles. The summed E-state index contributed by atoms with van der Waals surface area (Å²) in [7, 11) is 1.79. The molecule has 0 unspecified atom stereocenters. The topological polar surface area (TPSA) is 55.4 Å². The van der Waals surface area contributed by atoms with E-state index in [1.807, 2.05) is 12.4 Å². The Kier molecular flexibility index (Phi) is 3.90. The summed E-state index contributed by atoms with van der Waals surface area (Å²) in [5, 5.41) is 4.13. The van der Waals surface area contributed by atoms with Gasteiger partial charge < -0.3 is 4.57 Å². The number of hydrogen-bond donors (Lipinski definition) is 0. The second-order valence-corrected chi connectivity index (χ2v) is 6.56. The van der Waals surface area contributed by atoms with Gasteiger partial charge in [0.25, 0.3) is 5.56 Å². The van der Waals surface area contributed by atoms with Crippen molar-refractivity contribution in [2.45, 2.75) is 25.3 Å². The van der Waals surface area contributed by atoms with Crippen LogP contribution in [0.25, 0.3) is 5.65 Å². The van der Waals surface area contributed by atoms with E-state index in [0.29, 0.717) is 5.92 Å². The van der Waals surface area contributed by atoms with Crippen LogP contribution in [0.2, 0.25) is 0 Å².